The van der Waals surface area contributed by atoms with Crippen molar-refractivity contribution in [1.29, 1.82) is 0 Å². The van der Waals surface area contributed by atoms with Crippen molar-refractivity contribution in [2.45, 2.75) is 6.42 Å². The molecule has 0 aliphatic rings. The Morgan fingerprint density at radius 2 is 2.25 bits per heavy atom. The van der Waals surface area contributed by atoms with E-state index in [4.69, 9.17) is 11.6 Å². The van der Waals surface area contributed by atoms with Crippen LogP contribution in [-0.2, 0) is 9.52 Å². The van der Waals surface area contributed by atoms with Crippen molar-refractivity contribution in [3.05, 3.63) is 0 Å². The summed E-state index contributed by atoms with van der Waals surface area (Å²) in [4.78, 5) is 0. The Hall–Kier alpha value is 0.310. The second-order valence-corrected chi connectivity index (χ2v) is 5.08. The van der Waals surface area contributed by atoms with Gasteiger partial charge in [0.2, 0.25) is 0 Å². The van der Waals surface area contributed by atoms with Gasteiger partial charge in [0.15, 0.2) is 0 Å². The van der Waals surface area contributed by atoms with Gasteiger partial charge in [0.25, 0.3) is 0 Å². The summed E-state index contributed by atoms with van der Waals surface area (Å²) < 4.78 is 10.8. The molecule has 0 spiro atoms. The molecule has 0 heterocycles. The molecule has 0 amide bonds. The summed E-state index contributed by atoms with van der Waals surface area (Å²) in [6, 6.07) is 0. The van der Waals surface area contributed by atoms with Gasteiger partial charge >= 0.3 is 0 Å². The zero-order valence-corrected chi connectivity index (χ0v) is 6.60. The average molecular weight is 155 g/mol. The highest BCUT2D eigenvalue weighted by atomic mass is 35.5. The van der Waals surface area contributed by atoms with Gasteiger partial charge in [-0.25, -0.2) is 0 Å². The summed E-state index contributed by atoms with van der Waals surface area (Å²) in [6.45, 7) is 0. The van der Waals surface area contributed by atoms with Crippen LogP contribution in [0.15, 0.2) is 0 Å². The van der Waals surface area contributed by atoms with Crippen LogP contribution in [0.2, 0.25) is 0 Å². The zero-order valence-electron chi connectivity index (χ0n) is 5.02. The molecule has 0 aliphatic carbocycles. The Kier molecular flexibility index (Phi) is 3.49. The fraction of sp³-hybridized carbons (Fsp3) is 0.800. The van der Waals surface area contributed by atoms with E-state index in [1.165, 1.54) is 0 Å². The van der Waals surface area contributed by atoms with E-state index < -0.39 is 9.52 Å². The Bertz CT molecular complexity index is 137. The molecule has 0 aromatic carbocycles. The highest BCUT2D eigenvalue weighted by Crippen LogP contribution is 1.89. The Morgan fingerprint density at radius 1 is 1.75 bits per heavy atom. The van der Waals surface area contributed by atoms with Crippen molar-refractivity contribution >= 4 is 27.0 Å². The van der Waals surface area contributed by atoms with Crippen LogP contribution >= 0.6 is 11.6 Å². The Labute approximate surface area is 56.0 Å². The zero-order chi connectivity index (χ0) is 6.62. The van der Waals surface area contributed by atoms with Gasteiger partial charge in [-0.05, 0) is 21.8 Å². The molecule has 50 valence electrons. The van der Waals surface area contributed by atoms with Crippen molar-refractivity contribution in [2.75, 3.05) is 17.9 Å². The van der Waals surface area contributed by atoms with E-state index in [1.54, 1.807) is 6.26 Å². The first-order valence-corrected chi connectivity index (χ1v) is 5.26. The van der Waals surface area contributed by atoms with Crippen molar-refractivity contribution < 1.29 is 4.21 Å². The highest BCUT2D eigenvalue weighted by molar-refractivity contribution is 7.99. The first-order valence-electron chi connectivity index (χ1n) is 2.42. The lowest BCUT2D eigenvalue weighted by atomic mass is 10.6. The lowest BCUT2D eigenvalue weighted by molar-refractivity contribution is 0.684. The molecule has 0 rings (SSSR count). The third-order valence-electron chi connectivity index (χ3n) is 0.710. The third kappa shape index (κ3) is 6.31. The van der Waals surface area contributed by atoms with Gasteiger partial charge in [0, 0.05) is 17.9 Å². The van der Waals surface area contributed by atoms with Crippen LogP contribution in [0.1, 0.15) is 6.42 Å². The third-order valence-corrected chi connectivity index (χ3v) is 2.13. The maximum absolute atomic E-state index is 10.8. The predicted molar refractivity (Wildman–Crippen MR) is 41.4 cm³/mol. The maximum atomic E-state index is 10.8. The minimum atomic E-state index is -1.77. The standard InChI is InChI=1S/C5H11ClOS/c1-8(2,7)5-3-4-6/h1,3-5H2,2H3. The molecule has 0 aromatic heterocycles. The van der Waals surface area contributed by atoms with Gasteiger partial charge in [-0.3, -0.25) is 4.21 Å². The molecule has 0 saturated heterocycles. The molecular formula is C5H11ClOS. The molecule has 0 aliphatic heterocycles. The first kappa shape index (κ1) is 8.31. The van der Waals surface area contributed by atoms with E-state index in [0.29, 0.717) is 11.6 Å². The molecule has 0 radical (unpaired) electrons. The van der Waals surface area contributed by atoms with Gasteiger partial charge in [-0.1, -0.05) is 0 Å². The molecule has 1 unspecified atom stereocenters. The molecule has 0 aromatic rings. The summed E-state index contributed by atoms with van der Waals surface area (Å²) in [5.41, 5.74) is 0. The summed E-state index contributed by atoms with van der Waals surface area (Å²) in [7, 11) is -1.77. The smallest absolute Gasteiger partial charge is 0.0232 e. The molecule has 8 heavy (non-hydrogen) atoms. The SMILES string of the molecule is C=S(C)(=O)CCCCl. The minimum absolute atomic E-state index is 0.584. The van der Waals surface area contributed by atoms with Gasteiger partial charge in [0.1, 0.15) is 0 Å². The molecule has 3 heteroatoms. The second-order valence-electron chi connectivity index (χ2n) is 1.93. The minimum Gasteiger partial charge on any atom is -0.268 e. The van der Waals surface area contributed by atoms with Crippen LogP contribution < -0.4 is 0 Å². The monoisotopic (exact) mass is 154 g/mol. The second kappa shape index (κ2) is 3.36. The van der Waals surface area contributed by atoms with Gasteiger partial charge < -0.3 is 0 Å². The molecule has 1 atom stereocenters. The highest BCUT2D eigenvalue weighted by Gasteiger charge is 1.91. The van der Waals surface area contributed by atoms with Crippen LogP contribution in [0.5, 0.6) is 0 Å². The lowest BCUT2D eigenvalue weighted by Crippen LogP contribution is -2.02. The number of hydrogen-bond acceptors (Lipinski definition) is 1. The molecule has 1 nitrogen and oxygen atoms in total. The summed E-state index contributed by atoms with van der Waals surface area (Å²) in [5.74, 6) is 4.71. The lowest BCUT2D eigenvalue weighted by Gasteiger charge is -1.96. The Balaban J connectivity index is 3.42. The topological polar surface area (TPSA) is 17.1 Å². The fourth-order valence-corrected chi connectivity index (χ4v) is 1.41. The van der Waals surface area contributed by atoms with E-state index in [0.717, 1.165) is 6.42 Å². The quantitative estimate of drug-likeness (QED) is 0.437. The molecule has 0 fully saturated rings. The molecule has 0 bridgehead atoms. The van der Waals surface area contributed by atoms with Gasteiger partial charge in [0.05, 0.1) is 0 Å². The van der Waals surface area contributed by atoms with E-state index >= 15 is 0 Å². The molecule has 0 N–H and O–H groups in total. The normalized spacial score (nSPS) is 17.8. The number of hydrogen-bond donors (Lipinski definition) is 0. The number of alkyl halides is 1. The first-order chi connectivity index (χ1) is 3.56. The summed E-state index contributed by atoms with van der Waals surface area (Å²) in [5, 5.41) is 0. The average Bonchev–Trinajstić information content (AvgIpc) is 1.59. The van der Waals surface area contributed by atoms with Crippen molar-refractivity contribution in [1.82, 2.24) is 0 Å². The number of halogens is 1. The van der Waals surface area contributed by atoms with Crippen LogP contribution in [0.25, 0.3) is 0 Å². The fourth-order valence-electron chi connectivity index (χ4n) is 0.360. The summed E-state index contributed by atoms with van der Waals surface area (Å²) >= 11 is 5.35. The van der Waals surface area contributed by atoms with E-state index in [-0.39, 0.29) is 0 Å². The van der Waals surface area contributed by atoms with Gasteiger partial charge in [-0.15, -0.1) is 11.6 Å². The van der Waals surface area contributed by atoms with E-state index in [2.05, 4.69) is 5.87 Å². The van der Waals surface area contributed by atoms with E-state index in [9.17, 15) is 4.21 Å². The van der Waals surface area contributed by atoms with Crippen LogP contribution in [0, 0.1) is 0 Å². The van der Waals surface area contributed by atoms with Crippen LogP contribution in [0.3, 0.4) is 0 Å². The van der Waals surface area contributed by atoms with Crippen molar-refractivity contribution in [3.8, 4) is 0 Å². The summed E-state index contributed by atoms with van der Waals surface area (Å²) in [6.07, 6.45) is 2.46. The molecule has 0 saturated carbocycles. The van der Waals surface area contributed by atoms with Gasteiger partial charge in [-0.2, -0.15) is 0 Å². The predicted octanol–water partition coefficient (Wildman–Crippen LogP) is 0.962. The van der Waals surface area contributed by atoms with Crippen LogP contribution in [-0.4, -0.2) is 28.0 Å². The van der Waals surface area contributed by atoms with E-state index in [1.807, 2.05) is 0 Å². The Morgan fingerprint density at radius 3 is 2.38 bits per heavy atom. The molecular weight excluding hydrogens is 144 g/mol. The maximum Gasteiger partial charge on any atom is 0.0232 e. The van der Waals surface area contributed by atoms with Crippen LogP contribution in [0.4, 0.5) is 0 Å². The largest absolute Gasteiger partial charge is 0.268 e. The van der Waals surface area contributed by atoms with Crippen molar-refractivity contribution in [3.63, 3.8) is 0 Å². The van der Waals surface area contributed by atoms with Crippen molar-refractivity contribution in [2.24, 2.45) is 0 Å². The number of rotatable bonds is 3.